The number of pyridine rings is 1. The molecule has 150 valence electrons. The molecule has 28 heavy (non-hydrogen) atoms. The number of hydrogen-bond acceptors (Lipinski definition) is 7. The van der Waals surface area contributed by atoms with Crippen LogP contribution in [0.25, 0.3) is 0 Å². The first-order chi connectivity index (χ1) is 13.6. The fraction of sp³-hybridized carbons (Fsp3) is 0.400. The van der Waals surface area contributed by atoms with Gasteiger partial charge < -0.3 is 30.7 Å². The molecule has 1 amide bonds. The summed E-state index contributed by atoms with van der Waals surface area (Å²) in [6.07, 6.45) is 1.76. The molecule has 0 unspecified atom stereocenters. The van der Waals surface area contributed by atoms with E-state index in [-0.39, 0.29) is 12.5 Å². The lowest BCUT2D eigenvalue weighted by Crippen LogP contribution is -2.47. The summed E-state index contributed by atoms with van der Waals surface area (Å²) in [5, 5.41) is 11.8. The van der Waals surface area contributed by atoms with Crippen molar-refractivity contribution < 1.29 is 14.6 Å². The number of aliphatic hydroxyl groups is 1. The summed E-state index contributed by atoms with van der Waals surface area (Å²) < 4.78 is 5.48. The Bertz CT molecular complexity index is 793. The number of hydrogen-bond donors (Lipinski definition) is 3. The monoisotopic (exact) mass is 385 g/mol. The summed E-state index contributed by atoms with van der Waals surface area (Å²) in [5.41, 5.74) is 7.57. The third-order valence-electron chi connectivity index (χ3n) is 4.86. The topological polar surface area (TPSA) is 104 Å². The minimum Gasteiger partial charge on any atom is -0.495 e. The molecule has 2 aromatic rings. The van der Waals surface area contributed by atoms with E-state index in [0.29, 0.717) is 6.54 Å². The summed E-state index contributed by atoms with van der Waals surface area (Å²) in [6.45, 7) is 3.26. The molecule has 4 N–H and O–H groups in total. The van der Waals surface area contributed by atoms with Gasteiger partial charge in [-0.1, -0.05) is 18.2 Å². The highest BCUT2D eigenvalue weighted by molar-refractivity contribution is 5.81. The van der Waals surface area contributed by atoms with Gasteiger partial charge in [0.1, 0.15) is 17.6 Å². The van der Waals surface area contributed by atoms with Crippen molar-refractivity contribution in [3.8, 4) is 5.75 Å². The molecule has 0 saturated carbocycles. The number of carbonyl (C=O) groups excluding carboxylic acids is 1. The largest absolute Gasteiger partial charge is 0.495 e. The van der Waals surface area contributed by atoms with Gasteiger partial charge in [0.15, 0.2) is 0 Å². The Hall–Kier alpha value is -2.84. The summed E-state index contributed by atoms with van der Waals surface area (Å²) in [5.74, 6) is 1.36. The number of nitrogens with zero attached hydrogens (tertiary/aromatic N) is 3. The second-order valence-electron chi connectivity index (χ2n) is 6.64. The number of amides is 1. The molecule has 8 heteroatoms. The number of nitrogens with two attached hydrogens (primary N) is 1. The third kappa shape index (κ3) is 4.52. The van der Waals surface area contributed by atoms with E-state index in [1.54, 1.807) is 13.3 Å². The van der Waals surface area contributed by atoms with Crippen LogP contribution in [0.5, 0.6) is 5.75 Å². The molecular formula is C20H27N5O3. The molecule has 0 radical (unpaired) electrons. The molecule has 0 spiro atoms. The van der Waals surface area contributed by atoms with Crippen LogP contribution in [0.1, 0.15) is 5.56 Å². The fourth-order valence-corrected chi connectivity index (χ4v) is 3.30. The SMILES string of the molecule is COc1ccccc1N1CCN(c2ncccc2CNC(=O)[C@H](N)CO)CC1. The number of nitrogens with one attached hydrogen (secondary N) is 1. The number of para-hydroxylation sites is 2. The van der Waals surface area contributed by atoms with E-state index in [1.165, 1.54) is 0 Å². The number of anilines is 2. The second-order valence-corrected chi connectivity index (χ2v) is 6.64. The zero-order valence-corrected chi connectivity index (χ0v) is 16.0. The van der Waals surface area contributed by atoms with Crippen molar-refractivity contribution in [2.75, 3.05) is 49.7 Å². The first-order valence-electron chi connectivity index (χ1n) is 9.35. The van der Waals surface area contributed by atoms with Crippen LogP contribution in [0.2, 0.25) is 0 Å². The Balaban J connectivity index is 1.65. The normalized spacial score (nSPS) is 15.2. The van der Waals surface area contributed by atoms with Crippen molar-refractivity contribution in [3.05, 3.63) is 48.2 Å². The van der Waals surface area contributed by atoms with Gasteiger partial charge in [-0.05, 0) is 18.2 Å². The Morgan fingerprint density at radius 3 is 2.64 bits per heavy atom. The molecule has 1 atom stereocenters. The summed E-state index contributed by atoms with van der Waals surface area (Å²) in [4.78, 5) is 20.9. The van der Waals surface area contributed by atoms with Crippen LogP contribution >= 0.6 is 0 Å². The highest BCUT2D eigenvalue weighted by Gasteiger charge is 2.22. The lowest BCUT2D eigenvalue weighted by molar-refractivity contribution is -0.123. The molecule has 8 nitrogen and oxygen atoms in total. The third-order valence-corrected chi connectivity index (χ3v) is 4.86. The maximum Gasteiger partial charge on any atom is 0.239 e. The van der Waals surface area contributed by atoms with E-state index in [1.807, 2.05) is 30.3 Å². The number of aliphatic hydroxyl groups excluding tert-OH is 1. The Morgan fingerprint density at radius 2 is 1.93 bits per heavy atom. The molecule has 0 aliphatic carbocycles. The van der Waals surface area contributed by atoms with Crippen molar-refractivity contribution in [1.82, 2.24) is 10.3 Å². The van der Waals surface area contributed by atoms with E-state index in [9.17, 15) is 4.79 Å². The van der Waals surface area contributed by atoms with Crippen LogP contribution in [0, 0.1) is 0 Å². The van der Waals surface area contributed by atoms with Gasteiger partial charge in [-0.2, -0.15) is 0 Å². The van der Waals surface area contributed by atoms with Crippen molar-refractivity contribution in [2.24, 2.45) is 5.73 Å². The van der Waals surface area contributed by atoms with E-state index in [0.717, 1.165) is 49.0 Å². The molecule has 1 fully saturated rings. The van der Waals surface area contributed by atoms with Gasteiger partial charge in [-0.25, -0.2) is 4.98 Å². The van der Waals surface area contributed by atoms with Gasteiger partial charge in [-0.15, -0.1) is 0 Å². The molecule has 1 aliphatic rings. The first-order valence-corrected chi connectivity index (χ1v) is 9.35. The molecule has 0 bridgehead atoms. The molecular weight excluding hydrogens is 358 g/mol. The van der Waals surface area contributed by atoms with E-state index < -0.39 is 6.04 Å². The van der Waals surface area contributed by atoms with Gasteiger partial charge >= 0.3 is 0 Å². The Morgan fingerprint density at radius 1 is 1.21 bits per heavy atom. The molecule has 3 rings (SSSR count). The summed E-state index contributed by atoms with van der Waals surface area (Å²) in [7, 11) is 1.69. The maximum atomic E-state index is 11.8. The zero-order chi connectivity index (χ0) is 19.9. The van der Waals surface area contributed by atoms with E-state index in [2.05, 4.69) is 26.2 Å². The van der Waals surface area contributed by atoms with E-state index in [4.69, 9.17) is 15.6 Å². The highest BCUT2D eigenvalue weighted by Crippen LogP contribution is 2.29. The maximum absolute atomic E-state index is 11.8. The molecule has 1 aromatic carbocycles. The number of ether oxygens (including phenoxy) is 1. The lowest BCUT2D eigenvalue weighted by atomic mass is 10.2. The minimum atomic E-state index is -0.912. The minimum absolute atomic E-state index is 0.322. The van der Waals surface area contributed by atoms with Gasteiger partial charge in [0.2, 0.25) is 5.91 Å². The van der Waals surface area contributed by atoms with E-state index >= 15 is 0 Å². The average Bonchev–Trinajstić information content (AvgIpc) is 2.77. The van der Waals surface area contributed by atoms with Crippen molar-refractivity contribution in [3.63, 3.8) is 0 Å². The number of benzene rings is 1. The predicted molar refractivity (Wildman–Crippen MR) is 109 cm³/mol. The number of aromatic nitrogens is 1. The summed E-state index contributed by atoms with van der Waals surface area (Å²) in [6, 6.07) is 10.9. The molecule has 1 saturated heterocycles. The van der Waals surface area contributed by atoms with Crippen LogP contribution in [-0.4, -0.2) is 61.9 Å². The quantitative estimate of drug-likeness (QED) is 0.632. The second kappa shape index (κ2) is 9.38. The van der Waals surface area contributed by atoms with Crippen molar-refractivity contribution >= 4 is 17.4 Å². The first kappa shape index (κ1) is 19.9. The number of piperazine rings is 1. The fourth-order valence-electron chi connectivity index (χ4n) is 3.30. The standard InChI is InChI=1S/C20H27N5O3/c1-28-18-7-3-2-6-17(18)24-9-11-25(12-10-24)19-15(5-4-8-22-19)13-23-20(27)16(21)14-26/h2-8,16,26H,9-14,21H2,1H3,(H,23,27)/t16-/m1/s1. The van der Waals surface area contributed by atoms with Gasteiger partial charge in [0, 0.05) is 44.5 Å². The van der Waals surface area contributed by atoms with Crippen molar-refractivity contribution in [2.45, 2.75) is 12.6 Å². The number of methoxy groups -OCH3 is 1. The number of rotatable bonds is 7. The highest BCUT2D eigenvalue weighted by atomic mass is 16.5. The summed E-state index contributed by atoms with van der Waals surface area (Å²) >= 11 is 0. The van der Waals surface area contributed by atoms with Crippen LogP contribution in [0.4, 0.5) is 11.5 Å². The lowest BCUT2D eigenvalue weighted by Gasteiger charge is -2.37. The van der Waals surface area contributed by atoms with Crippen LogP contribution in [0.3, 0.4) is 0 Å². The van der Waals surface area contributed by atoms with Crippen LogP contribution in [-0.2, 0) is 11.3 Å². The Kier molecular flexibility index (Phi) is 6.67. The van der Waals surface area contributed by atoms with Gasteiger partial charge in [0.25, 0.3) is 0 Å². The zero-order valence-electron chi connectivity index (χ0n) is 16.0. The predicted octanol–water partition coefficient (Wildman–Crippen LogP) is 0.353. The average molecular weight is 385 g/mol. The molecule has 1 aromatic heterocycles. The Labute approximate surface area is 164 Å². The van der Waals surface area contributed by atoms with Crippen LogP contribution < -0.4 is 25.6 Å². The molecule has 2 heterocycles. The van der Waals surface area contributed by atoms with Crippen molar-refractivity contribution in [1.29, 1.82) is 0 Å². The van der Waals surface area contributed by atoms with Gasteiger partial charge in [0.05, 0.1) is 19.4 Å². The van der Waals surface area contributed by atoms with Gasteiger partial charge in [-0.3, -0.25) is 4.79 Å². The smallest absolute Gasteiger partial charge is 0.239 e. The van der Waals surface area contributed by atoms with Crippen LogP contribution in [0.15, 0.2) is 42.6 Å². The number of carbonyl (C=O) groups is 1. The molecule has 1 aliphatic heterocycles.